The van der Waals surface area contributed by atoms with E-state index in [4.69, 9.17) is 14.5 Å². The minimum atomic E-state index is -0.499. The Balaban J connectivity index is 1.17. The minimum Gasteiger partial charge on any atom is -0.449 e. The van der Waals surface area contributed by atoms with E-state index in [0.29, 0.717) is 35.1 Å². The average Bonchev–Trinajstić information content (AvgIpc) is 3.62. The Morgan fingerprint density at radius 3 is 2.54 bits per heavy atom. The van der Waals surface area contributed by atoms with Crippen molar-refractivity contribution in [1.29, 1.82) is 0 Å². The highest BCUT2D eigenvalue weighted by Crippen LogP contribution is 2.29. The maximum atomic E-state index is 13.1. The predicted octanol–water partition coefficient (Wildman–Crippen LogP) is 5.54. The number of morpholine rings is 1. The van der Waals surface area contributed by atoms with E-state index in [-0.39, 0.29) is 5.91 Å². The standard InChI is InChI=1S/C30H31N7O4/c1-2-3-14-41-30(39)32-21-7-5-20(6-8-21)31-29(38)19-4-10-24-23(17-19)27(36-35-24)28-33-25-11-9-22(18-26(25)34-28)37-12-15-40-16-13-37/h4-11,17-18H,2-3,12-16H2,1H3,(H,31,38)(H,32,39)(H,33,34)(H,35,36). The highest BCUT2D eigenvalue weighted by Gasteiger charge is 2.17. The van der Waals surface area contributed by atoms with Gasteiger partial charge in [0.15, 0.2) is 5.82 Å². The summed E-state index contributed by atoms with van der Waals surface area (Å²) in [7, 11) is 0. The highest BCUT2D eigenvalue weighted by atomic mass is 16.5. The average molecular weight is 554 g/mol. The fraction of sp³-hybridized carbons (Fsp3) is 0.267. The van der Waals surface area contributed by atoms with Gasteiger partial charge in [0.1, 0.15) is 5.69 Å². The van der Waals surface area contributed by atoms with Crippen molar-refractivity contribution in [1.82, 2.24) is 20.2 Å². The van der Waals surface area contributed by atoms with Crippen LogP contribution in [0.5, 0.6) is 0 Å². The Kier molecular flexibility index (Phi) is 7.50. The lowest BCUT2D eigenvalue weighted by Gasteiger charge is -2.28. The first kappa shape index (κ1) is 26.3. The van der Waals surface area contributed by atoms with Gasteiger partial charge >= 0.3 is 6.09 Å². The summed E-state index contributed by atoms with van der Waals surface area (Å²) in [6, 6.07) is 18.4. The third-order valence-corrected chi connectivity index (χ3v) is 7.01. The summed E-state index contributed by atoms with van der Waals surface area (Å²) in [4.78, 5) is 35.4. The predicted molar refractivity (Wildman–Crippen MR) is 158 cm³/mol. The molecule has 4 N–H and O–H groups in total. The van der Waals surface area contributed by atoms with Crippen LogP contribution in [0.1, 0.15) is 30.1 Å². The Bertz CT molecular complexity index is 1690. The first-order valence-electron chi connectivity index (χ1n) is 13.7. The number of aromatic amines is 2. The van der Waals surface area contributed by atoms with Gasteiger partial charge in [0.2, 0.25) is 0 Å². The third-order valence-electron chi connectivity index (χ3n) is 7.01. The maximum Gasteiger partial charge on any atom is 0.411 e. The second-order valence-corrected chi connectivity index (χ2v) is 9.86. The van der Waals surface area contributed by atoms with Crippen molar-refractivity contribution in [3.8, 4) is 11.5 Å². The second kappa shape index (κ2) is 11.7. The number of rotatable bonds is 8. The van der Waals surface area contributed by atoms with Crippen molar-refractivity contribution < 1.29 is 19.1 Å². The topological polar surface area (TPSA) is 137 Å². The first-order valence-corrected chi connectivity index (χ1v) is 13.7. The number of anilines is 3. The number of fused-ring (bicyclic) bond motifs is 2. The van der Waals surface area contributed by atoms with E-state index >= 15 is 0 Å². The van der Waals surface area contributed by atoms with Crippen molar-refractivity contribution in [3.63, 3.8) is 0 Å². The monoisotopic (exact) mass is 553 g/mol. The lowest BCUT2D eigenvalue weighted by molar-refractivity contribution is 0.102. The molecule has 3 aromatic carbocycles. The molecule has 2 amide bonds. The number of carbonyl (C=O) groups is 2. The number of H-pyrrole nitrogens is 2. The van der Waals surface area contributed by atoms with Crippen LogP contribution in [-0.4, -0.2) is 65.1 Å². The third kappa shape index (κ3) is 5.85. The fourth-order valence-corrected chi connectivity index (χ4v) is 4.77. The molecule has 1 aliphatic heterocycles. The van der Waals surface area contributed by atoms with Crippen molar-refractivity contribution in [2.45, 2.75) is 19.8 Å². The van der Waals surface area contributed by atoms with Crippen LogP contribution >= 0.6 is 0 Å². The zero-order valence-corrected chi connectivity index (χ0v) is 22.7. The number of benzene rings is 3. The highest BCUT2D eigenvalue weighted by molar-refractivity contribution is 6.07. The zero-order chi connectivity index (χ0) is 28.2. The normalized spacial score (nSPS) is 13.4. The molecule has 0 radical (unpaired) electrons. The Morgan fingerprint density at radius 2 is 1.76 bits per heavy atom. The van der Waals surface area contributed by atoms with Gasteiger partial charge in [0.05, 0.1) is 36.4 Å². The molecule has 2 aromatic heterocycles. The van der Waals surface area contributed by atoms with E-state index in [0.717, 1.165) is 66.8 Å². The van der Waals surface area contributed by atoms with Crippen LogP contribution in [0, 0.1) is 0 Å². The number of hydrogen-bond donors (Lipinski definition) is 4. The van der Waals surface area contributed by atoms with Crippen LogP contribution in [0.2, 0.25) is 0 Å². The summed E-state index contributed by atoms with van der Waals surface area (Å²) in [6.07, 6.45) is 1.27. The largest absolute Gasteiger partial charge is 0.449 e. The summed E-state index contributed by atoms with van der Waals surface area (Å²) in [5.41, 5.74) is 5.98. The van der Waals surface area contributed by atoms with Crippen LogP contribution in [0.25, 0.3) is 33.5 Å². The number of hydrogen-bond acceptors (Lipinski definition) is 7. The number of nitrogens with zero attached hydrogens (tertiary/aromatic N) is 3. The molecule has 0 aliphatic carbocycles. The number of amides is 2. The van der Waals surface area contributed by atoms with E-state index < -0.39 is 6.09 Å². The number of unbranched alkanes of at least 4 members (excludes halogenated alkanes) is 1. The summed E-state index contributed by atoms with van der Waals surface area (Å²) in [5, 5.41) is 13.9. The molecule has 6 rings (SSSR count). The van der Waals surface area contributed by atoms with Crippen LogP contribution in [0.4, 0.5) is 21.9 Å². The van der Waals surface area contributed by atoms with E-state index in [9.17, 15) is 9.59 Å². The Hall–Kier alpha value is -4.90. The minimum absolute atomic E-state index is 0.265. The van der Waals surface area contributed by atoms with Gasteiger partial charge in [-0.1, -0.05) is 13.3 Å². The molecule has 1 aliphatic rings. The smallest absolute Gasteiger partial charge is 0.411 e. The molecular formula is C30H31N7O4. The molecule has 1 saturated heterocycles. The molecule has 3 heterocycles. The van der Waals surface area contributed by atoms with E-state index in [1.54, 1.807) is 36.4 Å². The number of imidazole rings is 1. The van der Waals surface area contributed by atoms with Crippen LogP contribution in [0.15, 0.2) is 60.7 Å². The molecule has 11 heteroatoms. The molecule has 41 heavy (non-hydrogen) atoms. The lowest BCUT2D eigenvalue weighted by Crippen LogP contribution is -2.36. The van der Waals surface area contributed by atoms with Crippen LogP contribution < -0.4 is 15.5 Å². The van der Waals surface area contributed by atoms with Gasteiger partial charge in [-0.25, -0.2) is 9.78 Å². The van der Waals surface area contributed by atoms with Gasteiger partial charge in [0.25, 0.3) is 5.91 Å². The van der Waals surface area contributed by atoms with Crippen molar-refractivity contribution in [2.75, 3.05) is 48.4 Å². The van der Waals surface area contributed by atoms with E-state index in [1.165, 1.54) is 0 Å². The molecule has 0 atom stereocenters. The van der Waals surface area contributed by atoms with E-state index in [1.807, 2.05) is 19.1 Å². The van der Waals surface area contributed by atoms with Gasteiger partial charge in [-0.05, 0) is 67.1 Å². The molecule has 1 fully saturated rings. The molecule has 0 spiro atoms. The van der Waals surface area contributed by atoms with Gasteiger partial charge in [0, 0.05) is 41.1 Å². The van der Waals surface area contributed by atoms with Gasteiger partial charge in [-0.2, -0.15) is 5.10 Å². The molecule has 0 saturated carbocycles. The zero-order valence-electron chi connectivity index (χ0n) is 22.7. The van der Waals surface area contributed by atoms with E-state index in [2.05, 4.69) is 42.8 Å². The molecule has 11 nitrogen and oxygen atoms in total. The summed E-state index contributed by atoms with van der Waals surface area (Å²) < 4.78 is 10.6. The summed E-state index contributed by atoms with van der Waals surface area (Å²) >= 11 is 0. The molecule has 210 valence electrons. The van der Waals surface area contributed by atoms with Gasteiger partial charge < -0.3 is 24.7 Å². The molecule has 5 aromatic rings. The van der Waals surface area contributed by atoms with Crippen LogP contribution in [0.3, 0.4) is 0 Å². The number of nitrogens with one attached hydrogen (secondary N) is 4. The van der Waals surface area contributed by atoms with Crippen molar-refractivity contribution in [2.24, 2.45) is 0 Å². The number of carbonyl (C=O) groups excluding carboxylic acids is 2. The second-order valence-electron chi connectivity index (χ2n) is 9.86. The maximum absolute atomic E-state index is 13.1. The lowest BCUT2D eigenvalue weighted by atomic mass is 10.1. The SMILES string of the molecule is CCCCOC(=O)Nc1ccc(NC(=O)c2ccc3[nH]nc(-c4nc5ccc(N6CCOCC6)cc5[nH]4)c3c2)cc1. The molecular weight excluding hydrogens is 522 g/mol. The summed E-state index contributed by atoms with van der Waals surface area (Å²) in [5.74, 6) is 0.359. The number of ether oxygens (including phenoxy) is 2. The first-order chi connectivity index (χ1) is 20.1. The molecule has 0 unspecified atom stereocenters. The summed E-state index contributed by atoms with van der Waals surface area (Å²) in [6.45, 7) is 5.57. The Labute approximate surface area is 236 Å². The van der Waals surface area contributed by atoms with Gasteiger partial charge in [-0.15, -0.1) is 0 Å². The molecule has 0 bridgehead atoms. The van der Waals surface area contributed by atoms with Crippen molar-refractivity contribution >= 4 is 51.0 Å². The number of aromatic nitrogens is 4. The quantitative estimate of drug-likeness (QED) is 0.185. The fourth-order valence-electron chi connectivity index (χ4n) is 4.77. The van der Waals surface area contributed by atoms with Crippen LogP contribution in [-0.2, 0) is 9.47 Å². The Morgan fingerprint density at radius 1 is 0.976 bits per heavy atom. The van der Waals surface area contributed by atoms with Gasteiger partial charge in [-0.3, -0.25) is 15.2 Å². The van der Waals surface area contributed by atoms with Crippen molar-refractivity contribution in [3.05, 3.63) is 66.2 Å².